The smallest absolute Gasteiger partial charge is 0.294 e. The summed E-state index contributed by atoms with van der Waals surface area (Å²) in [5, 5.41) is 12.2. The zero-order chi connectivity index (χ0) is 21.0. The molecular weight excluding hydrogens is 507 g/mol. The summed E-state index contributed by atoms with van der Waals surface area (Å²) in [7, 11) is 0. The summed E-state index contributed by atoms with van der Waals surface area (Å²) < 4.78 is 5.95. The number of para-hydroxylation sites is 1. The Morgan fingerprint density at radius 3 is 2.69 bits per heavy atom. The number of phenols is 1. The molecule has 1 aliphatic heterocycles. The molecule has 1 aliphatic rings. The van der Waals surface area contributed by atoms with Crippen LogP contribution in [0, 0.1) is 3.57 Å². The lowest BCUT2D eigenvalue weighted by Crippen LogP contribution is -2.36. The van der Waals surface area contributed by atoms with Gasteiger partial charge in [-0.1, -0.05) is 18.2 Å². The van der Waals surface area contributed by atoms with Crippen molar-refractivity contribution in [3.05, 3.63) is 56.5 Å². The van der Waals surface area contributed by atoms with Crippen LogP contribution in [0.15, 0.2) is 47.4 Å². The van der Waals surface area contributed by atoms with E-state index in [1.54, 1.807) is 49.4 Å². The molecule has 0 atom stereocenters. The Bertz CT molecular complexity index is 994. The van der Waals surface area contributed by atoms with Gasteiger partial charge in [0.1, 0.15) is 6.54 Å². The molecule has 0 saturated carbocycles. The molecule has 0 radical (unpaired) electrons. The van der Waals surface area contributed by atoms with E-state index in [1.165, 1.54) is 0 Å². The van der Waals surface area contributed by atoms with E-state index in [4.69, 9.17) is 4.74 Å². The third-order valence-electron chi connectivity index (χ3n) is 3.88. The van der Waals surface area contributed by atoms with Crippen molar-refractivity contribution in [1.82, 2.24) is 4.90 Å². The standard InChI is InChI=1S/C20H17IN2O5S/c1-2-28-15-9-12(8-14(21)18(15)25)10-16-19(26)23(20(27)29-16)11-17(24)22-13-6-4-3-5-7-13/h3-10,25H,2,11H2,1H3,(H,22,24)/b16-10-. The zero-order valence-corrected chi connectivity index (χ0v) is 18.3. The maximum atomic E-state index is 12.6. The third kappa shape index (κ3) is 5.10. The highest BCUT2D eigenvalue weighted by molar-refractivity contribution is 14.1. The van der Waals surface area contributed by atoms with Crippen molar-refractivity contribution in [2.24, 2.45) is 0 Å². The maximum absolute atomic E-state index is 12.6. The highest BCUT2D eigenvalue weighted by Crippen LogP contribution is 2.36. The SMILES string of the molecule is CCOc1cc(/C=C2\SC(=O)N(CC(=O)Nc3ccccc3)C2=O)cc(I)c1O. The molecule has 29 heavy (non-hydrogen) atoms. The molecule has 3 rings (SSSR count). The lowest BCUT2D eigenvalue weighted by atomic mass is 10.2. The molecule has 1 fully saturated rings. The Hall–Kier alpha value is -2.53. The predicted molar refractivity (Wildman–Crippen MR) is 120 cm³/mol. The van der Waals surface area contributed by atoms with Gasteiger partial charge in [0, 0.05) is 5.69 Å². The number of carbonyl (C=O) groups is 3. The van der Waals surface area contributed by atoms with Gasteiger partial charge in [0.25, 0.3) is 11.1 Å². The number of aromatic hydroxyl groups is 1. The minimum atomic E-state index is -0.538. The second kappa shape index (κ2) is 9.31. The summed E-state index contributed by atoms with van der Waals surface area (Å²) >= 11 is 2.73. The lowest BCUT2D eigenvalue weighted by Gasteiger charge is -2.12. The van der Waals surface area contributed by atoms with Crippen LogP contribution in [0.2, 0.25) is 0 Å². The minimum Gasteiger partial charge on any atom is -0.504 e. The molecule has 9 heteroatoms. The van der Waals surface area contributed by atoms with Gasteiger partial charge >= 0.3 is 0 Å². The number of imide groups is 1. The molecule has 7 nitrogen and oxygen atoms in total. The van der Waals surface area contributed by atoms with E-state index in [-0.39, 0.29) is 17.2 Å². The second-order valence-electron chi connectivity index (χ2n) is 5.96. The first-order valence-corrected chi connectivity index (χ1v) is 10.5. The topological polar surface area (TPSA) is 95.9 Å². The third-order valence-corrected chi connectivity index (χ3v) is 5.61. The monoisotopic (exact) mass is 524 g/mol. The van der Waals surface area contributed by atoms with Crippen LogP contribution in [-0.2, 0) is 9.59 Å². The van der Waals surface area contributed by atoms with Gasteiger partial charge < -0.3 is 15.2 Å². The first-order valence-electron chi connectivity index (χ1n) is 8.64. The summed E-state index contributed by atoms with van der Waals surface area (Å²) in [6.07, 6.45) is 1.55. The first kappa shape index (κ1) is 21.2. The average molecular weight is 524 g/mol. The number of nitrogens with zero attached hydrogens (tertiary/aromatic N) is 1. The van der Waals surface area contributed by atoms with Crippen molar-refractivity contribution in [1.29, 1.82) is 0 Å². The van der Waals surface area contributed by atoms with Crippen molar-refractivity contribution in [3.63, 3.8) is 0 Å². The predicted octanol–water partition coefficient (Wildman–Crippen LogP) is 4.07. The van der Waals surface area contributed by atoms with Crippen molar-refractivity contribution in [2.75, 3.05) is 18.5 Å². The zero-order valence-electron chi connectivity index (χ0n) is 15.3. The number of anilines is 1. The van der Waals surface area contributed by atoms with Gasteiger partial charge in [0.2, 0.25) is 5.91 Å². The van der Waals surface area contributed by atoms with Crippen LogP contribution in [0.4, 0.5) is 10.5 Å². The van der Waals surface area contributed by atoms with Gasteiger partial charge in [-0.3, -0.25) is 19.3 Å². The average Bonchev–Trinajstić information content (AvgIpc) is 2.94. The Morgan fingerprint density at radius 2 is 2.00 bits per heavy atom. The summed E-state index contributed by atoms with van der Waals surface area (Å²) in [6, 6.07) is 12.1. The van der Waals surface area contributed by atoms with E-state index in [9.17, 15) is 19.5 Å². The minimum absolute atomic E-state index is 0.0234. The normalized spacial score (nSPS) is 15.1. The van der Waals surface area contributed by atoms with E-state index >= 15 is 0 Å². The lowest BCUT2D eigenvalue weighted by molar-refractivity contribution is -0.127. The number of halogens is 1. The van der Waals surface area contributed by atoms with Gasteiger partial charge in [0.15, 0.2) is 11.5 Å². The van der Waals surface area contributed by atoms with Crippen LogP contribution in [0.5, 0.6) is 11.5 Å². The molecule has 0 aromatic heterocycles. The van der Waals surface area contributed by atoms with Gasteiger partial charge in [-0.15, -0.1) is 0 Å². The number of amides is 3. The highest BCUT2D eigenvalue weighted by Gasteiger charge is 2.36. The summed E-state index contributed by atoms with van der Waals surface area (Å²) in [4.78, 5) is 38.2. The quantitative estimate of drug-likeness (QED) is 0.437. The molecule has 2 aromatic carbocycles. The van der Waals surface area contributed by atoms with Gasteiger partial charge in [-0.05, 0) is 77.2 Å². The van der Waals surface area contributed by atoms with Crippen LogP contribution < -0.4 is 10.1 Å². The number of nitrogens with one attached hydrogen (secondary N) is 1. The fraction of sp³-hybridized carbons (Fsp3) is 0.150. The van der Waals surface area contributed by atoms with Crippen molar-refractivity contribution >= 4 is 63.2 Å². The number of rotatable bonds is 6. The number of carbonyl (C=O) groups excluding carboxylic acids is 3. The highest BCUT2D eigenvalue weighted by atomic mass is 127. The first-order chi connectivity index (χ1) is 13.9. The fourth-order valence-electron chi connectivity index (χ4n) is 2.60. The molecule has 0 spiro atoms. The van der Waals surface area contributed by atoms with Gasteiger partial charge in [0.05, 0.1) is 15.1 Å². The molecule has 3 amide bonds. The van der Waals surface area contributed by atoms with E-state index in [2.05, 4.69) is 5.32 Å². The number of ether oxygens (including phenoxy) is 1. The molecule has 1 heterocycles. The molecular formula is C20H17IN2O5S. The molecule has 1 saturated heterocycles. The number of benzene rings is 2. The van der Waals surface area contributed by atoms with E-state index < -0.39 is 17.1 Å². The van der Waals surface area contributed by atoms with Gasteiger partial charge in [-0.25, -0.2) is 0 Å². The van der Waals surface area contributed by atoms with Gasteiger partial charge in [-0.2, -0.15) is 0 Å². The maximum Gasteiger partial charge on any atom is 0.294 e. The Balaban J connectivity index is 1.75. The van der Waals surface area contributed by atoms with Crippen LogP contribution in [-0.4, -0.2) is 40.2 Å². The van der Waals surface area contributed by atoms with Crippen LogP contribution in [0.3, 0.4) is 0 Å². The molecule has 0 bridgehead atoms. The Kier molecular flexibility index (Phi) is 6.80. The van der Waals surface area contributed by atoms with Crippen molar-refractivity contribution in [3.8, 4) is 11.5 Å². The summed E-state index contributed by atoms with van der Waals surface area (Å²) in [6.45, 7) is 1.80. The summed E-state index contributed by atoms with van der Waals surface area (Å²) in [5.41, 5.74) is 1.19. The summed E-state index contributed by atoms with van der Waals surface area (Å²) in [5.74, 6) is -0.677. The number of phenolic OH excluding ortho intramolecular Hbond substituents is 1. The number of hydrogen-bond acceptors (Lipinski definition) is 6. The Labute approximate surface area is 185 Å². The van der Waals surface area contributed by atoms with Crippen LogP contribution in [0.25, 0.3) is 6.08 Å². The van der Waals surface area contributed by atoms with Crippen LogP contribution in [0.1, 0.15) is 12.5 Å². The van der Waals surface area contributed by atoms with E-state index in [1.807, 2.05) is 28.7 Å². The molecule has 2 N–H and O–H groups in total. The molecule has 0 aliphatic carbocycles. The van der Waals surface area contributed by atoms with Crippen LogP contribution >= 0.6 is 34.4 Å². The molecule has 150 valence electrons. The number of hydrogen-bond donors (Lipinski definition) is 2. The second-order valence-corrected chi connectivity index (χ2v) is 8.12. The molecule has 2 aromatic rings. The number of thioether (sulfide) groups is 1. The fourth-order valence-corrected chi connectivity index (χ4v) is 4.06. The van der Waals surface area contributed by atoms with Crippen molar-refractivity contribution in [2.45, 2.75) is 6.92 Å². The van der Waals surface area contributed by atoms with Crippen molar-refractivity contribution < 1.29 is 24.2 Å². The molecule has 0 unspecified atom stereocenters. The van der Waals surface area contributed by atoms with E-state index in [0.717, 1.165) is 16.7 Å². The largest absolute Gasteiger partial charge is 0.504 e. The Morgan fingerprint density at radius 1 is 1.28 bits per heavy atom. The van der Waals surface area contributed by atoms with E-state index in [0.29, 0.717) is 27.2 Å².